The van der Waals surface area contributed by atoms with Crippen molar-refractivity contribution in [2.24, 2.45) is 11.7 Å². The van der Waals surface area contributed by atoms with Gasteiger partial charge >= 0.3 is 0 Å². The second-order valence-corrected chi connectivity index (χ2v) is 6.67. The van der Waals surface area contributed by atoms with Crippen molar-refractivity contribution in [2.45, 2.75) is 32.2 Å². The molecule has 1 fully saturated rings. The third-order valence-electron chi connectivity index (χ3n) is 2.89. The molecule has 0 bridgehead atoms. The molecular weight excluding hydrogens is 228 g/mol. The molecule has 2 atom stereocenters. The molecule has 0 aromatic heterocycles. The first-order valence-electron chi connectivity index (χ1n) is 5.65. The highest BCUT2D eigenvalue weighted by atomic mass is 32.2. The summed E-state index contributed by atoms with van der Waals surface area (Å²) < 4.78 is 22.4. The van der Waals surface area contributed by atoms with Crippen LogP contribution in [-0.2, 0) is 14.6 Å². The number of sulfone groups is 1. The summed E-state index contributed by atoms with van der Waals surface area (Å²) in [5.74, 6) is 0.445. The Morgan fingerprint density at radius 2 is 2.25 bits per heavy atom. The van der Waals surface area contributed by atoms with Crippen LogP contribution in [0.15, 0.2) is 0 Å². The van der Waals surface area contributed by atoms with Crippen LogP contribution < -0.4 is 11.1 Å². The van der Waals surface area contributed by atoms with E-state index in [-0.39, 0.29) is 29.4 Å². The van der Waals surface area contributed by atoms with Gasteiger partial charge in [-0.15, -0.1) is 0 Å². The highest BCUT2D eigenvalue weighted by molar-refractivity contribution is 7.91. The molecule has 0 aliphatic carbocycles. The number of amides is 1. The van der Waals surface area contributed by atoms with Crippen molar-refractivity contribution in [2.75, 3.05) is 18.1 Å². The quantitative estimate of drug-likeness (QED) is 0.697. The van der Waals surface area contributed by atoms with Crippen molar-refractivity contribution in [1.29, 1.82) is 0 Å². The molecule has 3 N–H and O–H groups in total. The van der Waals surface area contributed by atoms with Gasteiger partial charge in [-0.25, -0.2) is 8.42 Å². The maximum atomic E-state index is 11.4. The first-order chi connectivity index (χ1) is 7.43. The molecule has 1 amide bonds. The van der Waals surface area contributed by atoms with E-state index in [1.165, 1.54) is 0 Å². The predicted octanol–water partition coefficient (Wildman–Crippen LogP) is -0.335. The molecule has 16 heavy (non-hydrogen) atoms. The SMILES string of the molecule is CCC(N)CC(=O)NCC1CCS(=O)(=O)C1. The van der Waals surface area contributed by atoms with Crippen LogP contribution in [0.4, 0.5) is 0 Å². The van der Waals surface area contributed by atoms with Crippen molar-refractivity contribution < 1.29 is 13.2 Å². The number of carbonyl (C=O) groups excluding carboxylic acids is 1. The van der Waals surface area contributed by atoms with Gasteiger partial charge in [-0.3, -0.25) is 4.79 Å². The second-order valence-electron chi connectivity index (χ2n) is 4.45. The molecule has 0 aromatic carbocycles. The summed E-state index contributed by atoms with van der Waals surface area (Å²) in [7, 11) is -2.85. The van der Waals surface area contributed by atoms with E-state index in [2.05, 4.69) is 5.32 Å². The van der Waals surface area contributed by atoms with Gasteiger partial charge in [0.2, 0.25) is 5.91 Å². The van der Waals surface area contributed by atoms with E-state index in [4.69, 9.17) is 5.73 Å². The van der Waals surface area contributed by atoms with E-state index in [0.29, 0.717) is 19.4 Å². The molecule has 0 radical (unpaired) electrons. The number of hydrogen-bond acceptors (Lipinski definition) is 4. The molecule has 5 nitrogen and oxygen atoms in total. The number of rotatable bonds is 5. The second kappa shape index (κ2) is 5.63. The lowest BCUT2D eigenvalue weighted by atomic mass is 10.1. The number of hydrogen-bond donors (Lipinski definition) is 2. The Labute approximate surface area is 96.7 Å². The molecule has 1 aliphatic heterocycles. The lowest BCUT2D eigenvalue weighted by Crippen LogP contribution is -2.34. The third kappa shape index (κ3) is 4.49. The summed E-state index contributed by atoms with van der Waals surface area (Å²) >= 11 is 0. The summed E-state index contributed by atoms with van der Waals surface area (Å²) in [5, 5.41) is 2.74. The van der Waals surface area contributed by atoms with Crippen LogP contribution in [0.1, 0.15) is 26.2 Å². The van der Waals surface area contributed by atoms with Gasteiger partial charge in [0.05, 0.1) is 11.5 Å². The lowest BCUT2D eigenvalue weighted by Gasteiger charge is -2.11. The van der Waals surface area contributed by atoms with Gasteiger partial charge in [-0.2, -0.15) is 0 Å². The summed E-state index contributed by atoms with van der Waals surface area (Å²) in [6, 6.07) is -0.104. The topological polar surface area (TPSA) is 89.3 Å². The summed E-state index contributed by atoms with van der Waals surface area (Å²) in [6.45, 7) is 2.38. The van der Waals surface area contributed by atoms with Crippen LogP contribution in [0.5, 0.6) is 0 Å². The average molecular weight is 248 g/mol. The van der Waals surface area contributed by atoms with Gasteiger partial charge in [0.25, 0.3) is 0 Å². The fourth-order valence-electron chi connectivity index (χ4n) is 1.75. The number of nitrogens with one attached hydrogen (secondary N) is 1. The highest BCUT2D eigenvalue weighted by Crippen LogP contribution is 2.17. The van der Waals surface area contributed by atoms with E-state index in [1.807, 2.05) is 6.92 Å². The fraction of sp³-hybridized carbons (Fsp3) is 0.900. The zero-order chi connectivity index (χ0) is 12.2. The minimum atomic E-state index is -2.85. The maximum absolute atomic E-state index is 11.4. The number of nitrogens with two attached hydrogens (primary N) is 1. The first kappa shape index (κ1) is 13.4. The summed E-state index contributed by atoms with van der Waals surface area (Å²) in [4.78, 5) is 11.4. The monoisotopic (exact) mass is 248 g/mol. The highest BCUT2D eigenvalue weighted by Gasteiger charge is 2.27. The Morgan fingerprint density at radius 3 is 2.75 bits per heavy atom. The normalized spacial score (nSPS) is 25.2. The standard InChI is InChI=1S/C10H20N2O3S/c1-2-9(11)5-10(13)12-6-8-3-4-16(14,15)7-8/h8-9H,2-7,11H2,1H3,(H,12,13). The average Bonchev–Trinajstić information content (AvgIpc) is 2.55. The molecule has 1 heterocycles. The predicted molar refractivity (Wildman–Crippen MR) is 62.7 cm³/mol. The van der Waals surface area contributed by atoms with Gasteiger partial charge in [-0.05, 0) is 18.8 Å². The Morgan fingerprint density at radius 1 is 1.56 bits per heavy atom. The minimum Gasteiger partial charge on any atom is -0.356 e. The van der Waals surface area contributed by atoms with Gasteiger partial charge in [-0.1, -0.05) is 6.92 Å². The van der Waals surface area contributed by atoms with Crippen LogP contribution in [-0.4, -0.2) is 38.4 Å². The molecule has 1 saturated heterocycles. The van der Waals surface area contributed by atoms with Gasteiger partial charge in [0.1, 0.15) is 0 Å². The van der Waals surface area contributed by atoms with E-state index < -0.39 is 9.84 Å². The smallest absolute Gasteiger partial charge is 0.221 e. The van der Waals surface area contributed by atoms with Gasteiger partial charge < -0.3 is 11.1 Å². The maximum Gasteiger partial charge on any atom is 0.221 e. The van der Waals surface area contributed by atoms with E-state index in [1.54, 1.807) is 0 Å². The minimum absolute atomic E-state index is 0.0757. The molecule has 1 aliphatic rings. The number of carbonyl (C=O) groups is 1. The Bertz CT molecular complexity index is 340. The van der Waals surface area contributed by atoms with Crippen molar-refractivity contribution in [3.8, 4) is 0 Å². The third-order valence-corrected chi connectivity index (χ3v) is 4.72. The van der Waals surface area contributed by atoms with E-state index in [0.717, 1.165) is 6.42 Å². The van der Waals surface area contributed by atoms with Crippen molar-refractivity contribution in [1.82, 2.24) is 5.32 Å². The van der Waals surface area contributed by atoms with Crippen LogP contribution in [0.3, 0.4) is 0 Å². The molecule has 0 spiro atoms. The Hall–Kier alpha value is -0.620. The zero-order valence-electron chi connectivity index (χ0n) is 9.61. The van der Waals surface area contributed by atoms with Crippen LogP contribution >= 0.6 is 0 Å². The lowest BCUT2D eigenvalue weighted by molar-refractivity contribution is -0.121. The molecule has 0 saturated carbocycles. The van der Waals surface area contributed by atoms with Crippen molar-refractivity contribution in [3.63, 3.8) is 0 Å². The van der Waals surface area contributed by atoms with Crippen LogP contribution in [0.25, 0.3) is 0 Å². The molecule has 94 valence electrons. The molecule has 1 rings (SSSR count). The summed E-state index contributed by atoms with van der Waals surface area (Å²) in [5.41, 5.74) is 5.64. The molecule has 6 heteroatoms. The van der Waals surface area contributed by atoms with Crippen LogP contribution in [0, 0.1) is 5.92 Å². The van der Waals surface area contributed by atoms with Crippen molar-refractivity contribution >= 4 is 15.7 Å². The van der Waals surface area contributed by atoms with E-state index in [9.17, 15) is 13.2 Å². The molecule has 0 aromatic rings. The fourth-order valence-corrected chi connectivity index (χ4v) is 3.61. The largest absolute Gasteiger partial charge is 0.356 e. The summed E-state index contributed by atoms with van der Waals surface area (Å²) in [6.07, 6.45) is 1.74. The zero-order valence-corrected chi connectivity index (χ0v) is 10.4. The molecule has 2 unspecified atom stereocenters. The van der Waals surface area contributed by atoms with Gasteiger partial charge in [0, 0.05) is 19.0 Å². The Kier molecular flexibility index (Phi) is 4.73. The van der Waals surface area contributed by atoms with Gasteiger partial charge in [0.15, 0.2) is 9.84 Å². The first-order valence-corrected chi connectivity index (χ1v) is 7.47. The van der Waals surface area contributed by atoms with Crippen molar-refractivity contribution in [3.05, 3.63) is 0 Å². The van der Waals surface area contributed by atoms with Crippen LogP contribution in [0.2, 0.25) is 0 Å². The Balaban J connectivity index is 2.23. The molecular formula is C10H20N2O3S. The van der Waals surface area contributed by atoms with E-state index >= 15 is 0 Å².